The van der Waals surface area contributed by atoms with Gasteiger partial charge in [0.25, 0.3) is 0 Å². The second kappa shape index (κ2) is 5.17. The molecule has 2 nitrogen and oxygen atoms in total. The summed E-state index contributed by atoms with van der Waals surface area (Å²) in [5, 5.41) is 0. The molecule has 0 spiro atoms. The fourth-order valence-corrected chi connectivity index (χ4v) is 2.60. The highest BCUT2D eigenvalue weighted by molar-refractivity contribution is 9.10. The van der Waals surface area contributed by atoms with Gasteiger partial charge in [-0.2, -0.15) is 0 Å². The maximum absolute atomic E-state index is 4.57. The molecule has 0 bridgehead atoms. The Labute approximate surface area is 106 Å². The largest absolute Gasteiger partial charge is 0.353 e. The molecule has 0 saturated heterocycles. The average Bonchev–Trinajstić information content (AvgIpc) is 3.05. The van der Waals surface area contributed by atoms with Gasteiger partial charge < -0.3 is 4.90 Å². The summed E-state index contributed by atoms with van der Waals surface area (Å²) in [4.78, 5) is 7.04. The second-order valence-electron chi connectivity index (χ2n) is 4.60. The topological polar surface area (TPSA) is 16.1 Å². The van der Waals surface area contributed by atoms with Crippen molar-refractivity contribution in [2.75, 3.05) is 11.4 Å². The summed E-state index contributed by atoms with van der Waals surface area (Å²) in [6.45, 7) is 5.45. The maximum atomic E-state index is 4.57. The predicted molar refractivity (Wildman–Crippen MR) is 72.0 cm³/mol. The molecule has 1 aliphatic carbocycles. The molecule has 1 saturated carbocycles. The predicted octanol–water partition coefficient (Wildman–Crippen LogP) is 3.92. The minimum atomic E-state index is 0.734. The van der Waals surface area contributed by atoms with E-state index in [0.717, 1.165) is 22.9 Å². The Morgan fingerprint density at radius 2 is 2.25 bits per heavy atom. The summed E-state index contributed by atoms with van der Waals surface area (Å²) >= 11 is 3.63. The van der Waals surface area contributed by atoms with Crippen molar-refractivity contribution in [2.24, 2.45) is 0 Å². The van der Waals surface area contributed by atoms with E-state index in [0.29, 0.717) is 0 Å². The van der Waals surface area contributed by atoms with Crippen LogP contribution >= 0.6 is 15.9 Å². The Morgan fingerprint density at radius 3 is 2.81 bits per heavy atom. The first kappa shape index (κ1) is 11.9. The molecular formula is C13H19BrN2. The van der Waals surface area contributed by atoms with Crippen molar-refractivity contribution in [1.29, 1.82) is 0 Å². The van der Waals surface area contributed by atoms with Crippen LogP contribution in [0.5, 0.6) is 0 Å². The Bertz CT molecular complexity index is 361. The molecule has 0 atom stereocenters. The van der Waals surface area contributed by atoms with E-state index in [-0.39, 0.29) is 0 Å². The average molecular weight is 283 g/mol. The lowest BCUT2D eigenvalue weighted by Gasteiger charge is -2.24. The zero-order valence-corrected chi connectivity index (χ0v) is 11.6. The lowest BCUT2D eigenvalue weighted by atomic mass is 10.2. The van der Waals surface area contributed by atoms with Gasteiger partial charge in [-0.3, -0.25) is 0 Å². The zero-order chi connectivity index (χ0) is 11.5. The van der Waals surface area contributed by atoms with Gasteiger partial charge in [-0.1, -0.05) is 13.3 Å². The smallest absolute Gasteiger partial charge is 0.143 e. The maximum Gasteiger partial charge on any atom is 0.143 e. The van der Waals surface area contributed by atoms with Crippen LogP contribution < -0.4 is 4.90 Å². The number of anilines is 1. The Morgan fingerprint density at radius 1 is 1.50 bits per heavy atom. The van der Waals surface area contributed by atoms with Crippen molar-refractivity contribution in [2.45, 2.75) is 45.6 Å². The molecule has 1 aromatic heterocycles. The molecule has 88 valence electrons. The molecule has 0 radical (unpaired) electrons. The van der Waals surface area contributed by atoms with Crippen molar-refractivity contribution in [3.8, 4) is 0 Å². The van der Waals surface area contributed by atoms with Gasteiger partial charge in [0.15, 0.2) is 0 Å². The highest BCUT2D eigenvalue weighted by atomic mass is 79.9. The van der Waals surface area contributed by atoms with Crippen LogP contribution in [0.2, 0.25) is 0 Å². The van der Waals surface area contributed by atoms with Gasteiger partial charge >= 0.3 is 0 Å². The molecular weight excluding hydrogens is 264 g/mol. The van der Waals surface area contributed by atoms with E-state index in [9.17, 15) is 0 Å². The highest BCUT2D eigenvalue weighted by Gasteiger charge is 2.30. The summed E-state index contributed by atoms with van der Waals surface area (Å²) in [5.74, 6) is 1.13. The van der Waals surface area contributed by atoms with Crippen molar-refractivity contribution in [3.05, 3.63) is 22.3 Å². The highest BCUT2D eigenvalue weighted by Crippen LogP contribution is 2.34. The molecule has 1 aliphatic rings. The molecule has 3 heteroatoms. The van der Waals surface area contributed by atoms with Crippen LogP contribution in [0.1, 0.15) is 38.2 Å². The third kappa shape index (κ3) is 2.76. The molecule has 1 aromatic rings. The molecule has 1 heterocycles. The third-order valence-electron chi connectivity index (χ3n) is 2.97. The van der Waals surface area contributed by atoms with E-state index in [1.165, 1.54) is 31.2 Å². The van der Waals surface area contributed by atoms with Gasteiger partial charge in [0.2, 0.25) is 0 Å². The first-order chi connectivity index (χ1) is 7.72. The molecule has 16 heavy (non-hydrogen) atoms. The third-order valence-corrected chi connectivity index (χ3v) is 3.55. The minimum absolute atomic E-state index is 0.734. The van der Waals surface area contributed by atoms with E-state index >= 15 is 0 Å². The summed E-state index contributed by atoms with van der Waals surface area (Å²) in [5.41, 5.74) is 1.21. The van der Waals surface area contributed by atoms with Crippen LogP contribution in [0.4, 0.5) is 5.82 Å². The summed E-state index contributed by atoms with van der Waals surface area (Å²) in [7, 11) is 0. The van der Waals surface area contributed by atoms with Crippen LogP contribution in [0.25, 0.3) is 0 Å². The van der Waals surface area contributed by atoms with Gasteiger partial charge in [-0.15, -0.1) is 0 Å². The monoisotopic (exact) mass is 282 g/mol. The summed E-state index contributed by atoms with van der Waals surface area (Å²) in [6, 6.07) is 2.89. The Kier molecular flexibility index (Phi) is 3.85. The molecule has 2 rings (SSSR count). The first-order valence-corrected chi connectivity index (χ1v) is 6.90. The van der Waals surface area contributed by atoms with Crippen LogP contribution in [0.3, 0.4) is 0 Å². The van der Waals surface area contributed by atoms with Gasteiger partial charge in [0.1, 0.15) is 5.82 Å². The number of pyridine rings is 1. The molecule has 0 aromatic carbocycles. The SMILES string of the molecule is CCCCN(c1ncc(C)cc1Br)C1CC1. The van der Waals surface area contributed by atoms with E-state index in [4.69, 9.17) is 0 Å². The van der Waals surface area contributed by atoms with E-state index in [2.05, 4.69) is 45.7 Å². The van der Waals surface area contributed by atoms with E-state index in [1.807, 2.05) is 6.20 Å². The van der Waals surface area contributed by atoms with Crippen LogP contribution in [-0.4, -0.2) is 17.6 Å². The zero-order valence-electron chi connectivity index (χ0n) is 10.0. The van der Waals surface area contributed by atoms with Crippen LogP contribution in [-0.2, 0) is 0 Å². The number of unbranched alkanes of at least 4 members (excludes halogenated alkanes) is 1. The van der Waals surface area contributed by atoms with Crippen molar-refractivity contribution < 1.29 is 0 Å². The van der Waals surface area contributed by atoms with Gasteiger partial charge in [-0.05, 0) is 53.7 Å². The molecule has 0 N–H and O–H groups in total. The number of nitrogens with zero attached hydrogens (tertiary/aromatic N) is 2. The van der Waals surface area contributed by atoms with Gasteiger partial charge in [0, 0.05) is 18.8 Å². The molecule has 1 fully saturated rings. The molecule has 0 amide bonds. The summed E-state index contributed by atoms with van der Waals surface area (Å²) < 4.78 is 1.13. The number of rotatable bonds is 5. The van der Waals surface area contributed by atoms with Gasteiger partial charge in [-0.25, -0.2) is 4.98 Å². The lowest BCUT2D eigenvalue weighted by molar-refractivity contribution is 0.703. The number of hydrogen-bond acceptors (Lipinski definition) is 2. The summed E-state index contributed by atoms with van der Waals surface area (Å²) in [6.07, 6.45) is 7.10. The number of aromatic nitrogens is 1. The number of halogens is 1. The van der Waals surface area contributed by atoms with Crippen molar-refractivity contribution >= 4 is 21.7 Å². The fraction of sp³-hybridized carbons (Fsp3) is 0.615. The molecule has 0 aliphatic heterocycles. The van der Waals surface area contributed by atoms with E-state index in [1.54, 1.807) is 0 Å². The normalized spacial score (nSPS) is 15.2. The first-order valence-electron chi connectivity index (χ1n) is 6.11. The minimum Gasteiger partial charge on any atom is -0.353 e. The molecule has 0 unspecified atom stereocenters. The lowest BCUT2D eigenvalue weighted by Crippen LogP contribution is -2.28. The van der Waals surface area contributed by atoms with E-state index < -0.39 is 0 Å². The van der Waals surface area contributed by atoms with Crippen LogP contribution in [0.15, 0.2) is 16.7 Å². The Balaban J connectivity index is 2.17. The Hall–Kier alpha value is -0.570. The number of hydrogen-bond donors (Lipinski definition) is 0. The van der Waals surface area contributed by atoms with Crippen LogP contribution in [0, 0.1) is 6.92 Å². The standard InChI is InChI=1S/C13H19BrN2/c1-3-4-7-16(11-5-6-11)13-12(14)8-10(2)9-15-13/h8-9,11H,3-7H2,1-2H3. The van der Waals surface area contributed by atoms with Crippen molar-refractivity contribution in [3.63, 3.8) is 0 Å². The quantitative estimate of drug-likeness (QED) is 0.814. The number of aryl methyl sites for hydroxylation is 1. The second-order valence-corrected chi connectivity index (χ2v) is 5.45. The van der Waals surface area contributed by atoms with Gasteiger partial charge in [0.05, 0.1) is 4.47 Å². The fourth-order valence-electron chi connectivity index (χ4n) is 1.91. The van der Waals surface area contributed by atoms with Crippen molar-refractivity contribution in [1.82, 2.24) is 4.98 Å².